The van der Waals surface area contributed by atoms with Gasteiger partial charge in [-0.2, -0.15) is 0 Å². The van der Waals surface area contributed by atoms with Crippen molar-refractivity contribution in [3.8, 4) is 5.75 Å². The van der Waals surface area contributed by atoms with Crippen molar-refractivity contribution in [1.82, 2.24) is 15.1 Å². The molecule has 0 saturated heterocycles. The van der Waals surface area contributed by atoms with E-state index >= 15 is 0 Å². The van der Waals surface area contributed by atoms with Crippen LogP contribution in [0.15, 0.2) is 23.2 Å². The number of halogens is 1. The average Bonchev–Trinajstić information content (AvgIpc) is 2.65. The van der Waals surface area contributed by atoms with E-state index in [4.69, 9.17) is 4.74 Å². The van der Waals surface area contributed by atoms with Crippen LogP contribution in [-0.4, -0.2) is 62.0 Å². The van der Waals surface area contributed by atoms with Gasteiger partial charge in [0.1, 0.15) is 12.3 Å². The number of hydrogen-bond donors (Lipinski definition) is 1. The highest BCUT2D eigenvalue weighted by molar-refractivity contribution is 14.0. The zero-order valence-electron chi connectivity index (χ0n) is 17.0. The molecule has 1 aliphatic heterocycles. The summed E-state index contributed by atoms with van der Waals surface area (Å²) in [4.78, 5) is 20.2. The van der Waals surface area contributed by atoms with Gasteiger partial charge in [0.2, 0.25) is 5.91 Å². The van der Waals surface area contributed by atoms with Crippen molar-refractivity contribution >= 4 is 35.8 Å². The highest BCUT2D eigenvalue weighted by atomic mass is 127. The van der Waals surface area contributed by atoms with Crippen LogP contribution in [0.3, 0.4) is 0 Å². The Kier molecular flexibility index (Phi) is 10.5. The molecule has 2 rings (SSSR count). The summed E-state index contributed by atoms with van der Waals surface area (Å²) in [6, 6.07) is 6.35. The number of amides is 1. The van der Waals surface area contributed by atoms with E-state index in [1.807, 2.05) is 6.07 Å². The summed E-state index contributed by atoms with van der Waals surface area (Å²) in [6.07, 6.45) is 2.98. The Hall–Kier alpha value is -1.51. The van der Waals surface area contributed by atoms with E-state index in [2.05, 4.69) is 41.2 Å². The predicted molar refractivity (Wildman–Crippen MR) is 121 cm³/mol. The van der Waals surface area contributed by atoms with Crippen molar-refractivity contribution in [2.75, 3.05) is 40.3 Å². The fraction of sp³-hybridized carbons (Fsp3) is 0.600. The van der Waals surface area contributed by atoms with E-state index in [0.29, 0.717) is 0 Å². The van der Waals surface area contributed by atoms with Gasteiger partial charge in [-0.15, -0.1) is 24.0 Å². The first-order valence-corrected chi connectivity index (χ1v) is 9.53. The molecule has 0 fully saturated rings. The van der Waals surface area contributed by atoms with E-state index in [0.717, 1.165) is 57.2 Å². The van der Waals surface area contributed by atoms with Crippen LogP contribution in [0.25, 0.3) is 0 Å². The molecule has 6 nitrogen and oxygen atoms in total. The molecule has 0 saturated carbocycles. The summed E-state index contributed by atoms with van der Waals surface area (Å²) in [5.41, 5.74) is 2.64. The van der Waals surface area contributed by atoms with E-state index in [1.165, 1.54) is 11.1 Å². The Morgan fingerprint density at radius 3 is 2.70 bits per heavy atom. The second-order valence-electron chi connectivity index (χ2n) is 6.81. The van der Waals surface area contributed by atoms with Gasteiger partial charge in [-0.1, -0.05) is 19.9 Å². The second kappa shape index (κ2) is 12.0. The molecule has 0 aromatic heterocycles. The van der Waals surface area contributed by atoms with Crippen molar-refractivity contribution in [2.24, 2.45) is 4.99 Å². The molecule has 0 radical (unpaired) electrons. The molecule has 0 aliphatic carbocycles. The lowest BCUT2D eigenvalue weighted by Gasteiger charge is -2.32. The van der Waals surface area contributed by atoms with E-state index < -0.39 is 0 Å². The number of carbonyl (C=O) groups excluding carboxylic acids is 1. The number of benzene rings is 1. The van der Waals surface area contributed by atoms with Gasteiger partial charge in [0, 0.05) is 33.7 Å². The molecule has 1 N–H and O–H groups in total. The van der Waals surface area contributed by atoms with Crippen LogP contribution in [0.2, 0.25) is 0 Å². The summed E-state index contributed by atoms with van der Waals surface area (Å²) >= 11 is 0. The van der Waals surface area contributed by atoms with Crippen molar-refractivity contribution in [1.29, 1.82) is 0 Å². The Morgan fingerprint density at radius 1 is 1.26 bits per heavy atom. The second-order valence-corrected chi connectivity index (χ2v) is 6.81. The Labute approximate surface area is 180 Å². The van der Waals surface area contributed by atoms with E-state index in [1.54, 1.807) is 19.0 Å². The summed E-state index contributed by atoms with van der Waals surface area (Å²) < 4.78 is 5.74. The standard InChI is InChI=1S/C20H32N4O2.HI/c1-5-10-21-20(22-14-19(25)23(3)4)24-11-9-16-13-18(26-12-6-2)8-7-17(16)15-24;/h7-8,13H,5-6,9-12,14-15H2,1-4H3,(H,21,22);1H. The monoisotopic (exact) mass is 488 g/mol. The Bertz CT molecular complexity index is 634. The number of guanidine groups is 1. The maximum Gasteiger partial charge on any atom is 0.243 e. The Balaban J connectivity index is 0.00000364. The maximum atomic E-state index is 11.9. The number of carbonyl (C=O) groups is 1. The van der Waals surface area contributed by atoms with Crippen LogP contribution in [0.5, 0.6) is 5.75 Å². The number of hydrogen-bond acceptors (Lipinski definition) is 3. The third kappa shape index (κ3) is 7.20. The molecule has 0 atom stereocenters. The van der Waals surface area contributed by atoms with Crippen molar-refractivity contribution in [3.05, 3.63) is 29.3 Å². The average molecular weight is 488 g/mol. The van der Waals surface area contributed by atoms with E-state index in [9.17, 15) is 4.79 Å². The van der Waals surface area contributed by atoms with Gasteiger partial charge in [0.05, 0.1) is 6.61 Å². The molecule has 1 aromatic carbocycles. The lowest BCUT2D eigenvalue weighted by atomic mass is 9.99. The molecule has 1 amide bonds. The fourth-order valence-electron chi connectivity index (χ4n) is 2.81. The number of fused-ring (bicyclic) bond motifs is 1. The van der Waals surface area contributed by atoms with Crippen LogP contribution in [0, 0.1) is 0 Å². The number of likely N-dealkylation sites (N-methyl/N-ethyl adjacent to an activating group) is 1. The zero-order chi connectivity index (χ0) is 18.9. The SMILES string of the molecule is CCCNC(=NCC(=O)N(C)C)N1CCc2cc(OCCC)ccc2C1.I. The van der Waals surface area contributed by atoms with Crippen LogP contribution in [0.4, 0.5) is 0 Å². The lowest BCUT2D eigenvalue weighted by molar-refractivity contribution is -0.127. The zero-order valence-corrected chi connectivity index (χ0v) is 19.3. The van der Waals surface area contributed by atoms with Crippen molar-refractivity contribution < 1.29 is 9.53 Å². The summed E-state index contributed by atoms with van der Waals surface area (Å²) in [5.74, 6) is 1.78. The number of aliphatic imine (C=N–C) groups is 1. The molecule has 1 heterocycles. The summed E-state index contributed by atoms with van der Waals surface area (Å²) in [5, 5.41) is 3.38. The van der Waals surface area contributed by atoms with Crippen LogP contribution in [0.1, 0.15) is 37.8 Å². The molecule has 0 spiro atoms. The normalized spacial score (nSPS) is 13.5. The molecule has 27 heavy (non-hydrogen) atoms. The number of ether oxygens (including phenoxy) is 1. The van der Waals surface area contributed by atoms with Crippen LogP contribution in [-0.2, 0) is 17.8 Å². The minimum atomic E-state index is 0. The van der Waals surface area contributed by atoms with Crippen LogP contribution < -0.4 is 10.1 Å². The molecule has 1 aliphatic rings. The summed E-state index contributed by atoms with van der Waals surface area (Å²) in [7, 11) is 3.51. The molecule has 0 bridgehead atoms. The molecule has 7 heteroatoms. The van der Waals surface area contributed by atoms with Crippen molar-refractivity contribution in [2.45, 2.75) is 39.7 Å². The first-order chi connectivity index (χ1) is 12.5. The molecule has 152 valence electrons. The minimum Gasteiger partial charge on any atom is -0.494 e. The number of nitrogens with zero attached hydrogens (tertiary/aromatic N) is 3. The van der Waals surface area contributed by atoms with Gasteiger partial charge in [-0.25, -0.2) is 4.99 Å². The first-order valence-electron chi connectivity index (χ1n) is 9.53. The highest BCUT2D eigenvalue weighted by Gasteiger charge is 2.20. The van der Waals surface area contributed by atoms with Gasteiger partial charge >= 0.3 is 0 Å². The maximum absolute atomic E-state index is 11.9. The predicted octanol–water partition coefficient (Wildman–Crippen LogP) is 2.90. The molecular weight excluding hydrogens is 455 g/mol. The summed E-state index contributed by atoms with van der Waals surface area (Å²) in [6.45, 7) is 7.70. The first kappa shape index (κ1) is 23.5. The van der Waals surface area contributed by atoms with E-state index in [-0.39, 0.29) is 36.4 Å². The van der Waals surface area contributed by atoms with Crippen molar-refractivity contribution in [3.63, 3.8) is 0 Å². The van der Waals surface area contributed by atoms with Gasteiger partial charge in [-0.3, -0.25) is 4.79 Å². The minimum absolute atomic E-state index is 0. The lowest BCUT2D eigenvalue weighted by Crippen LogP contribution is -2.44. The third-order valence-electron chi connectivity index (χ3n) is 4.36. The smallest absolute Gasteiger partial charge is 0.243 e. The topological polar surface area (TPSA) is 57.2 Å². The third-order valence-corrected chi connectivity index (χ3v) is 4.36. The van der Waals surface area contributed by atoms with Gasteiger partial charge < -0.3 is 19.9 Å². The van der Waals surface area contributed by atoms with Crippen LogP contribution >= 0.6 is 24.0 Å². The largest absolute Gasteiger partial charge is 0.494 e. The van der Waals surface area contributed by atoms with Gasteiger partial charge in [0.25, 0.3) is 0 Å². The number of nitrogens with one attached hydrogen (secondary N) is 1. The number of rotatable bonds is 7. The van der Waals surface area contributed by atoms with Gasteiger partial charge in [0.15, 0.2) is 5.96 Å². The Morgan fingerprint density at radius 2 is 2.04 bits per heavy atom. The quantitative estimate of drug-likeness (QED) is 0.365. The fourth-order valence-corrected chi connectivity index (χ4v) is 2.81. The molecular formula is C20H33IN4O2. The van der Waals surface area contributed by atoms with Gasteiger partial charge in [-0.05, 0) is 42.5 Å². The molecule has 1 aromatic rings. The molecule has 0 unspecified atom stereocenters. The highest BCUT2D eigenvalue weighted by Crippen LogP contribution is 2.24.